The lowest BCUT2D eigenvalue weighted by Gasteiger charge is -2.20. The van der Waals surface area contributed by atoms with Gasteiger partial charge in [0, 0.05) is 6.54 Å². The second-order valence-electron chi connectivity index (χ2n) is 3.40. The van der Waals surface area contributed by atoms with Crippen molar-refractivity contribution in [1.82, 2.24) is 4.90 Å². The van der Waals surface area contributed by atoms with Crippen LogP contribution in [0.25, 0.3) is 0 Å². The first kappa shape index (κ1) is 16.5. The summed E-state index contributed by atoms with van der Waals surface area (Å²) in [5.41, 5.74) is 0. The minimum absolute atomic E-state index is 0.121. The minimum atomic E-state index is -4.59. The maximum atomic E-state index is 11.9. The number of hydrogen-bond acceptors (Lipinski definition) is 4. The number of carbonyl (C=O) groups excluding carboxylic acids is 2. The Kier molecular flexibility index (Phi) is 7.14. The van der Waals surface area contributed by atoms with Crippen LogP contribution in [0.2, 0.25) is 0 Å². The summed E-state index contributed by atoms with van der Waals surface area (Å²) in [4.78, 5) is 23.3. The molecule has 106 valence electrons. The molecule has 8 heteroatoms. The molecule has 1 amide bonds. The lowest BCUT2D eigenvalue weighted by molar-refractivity contribution is -0.163. The van der Waals surface area contributed by atoms with E-state index in [1.165, 1.54) is 0 Å². The fourth-order valence-electron chi connectivity index (χ4n) is 1.10. The molecule has 0 atom stereocenters. The van der Waals surface area contributed by atoms with E-state index in [-0.39, 0.29) is 13.2 Å². The molecule has 0 bridgehead atoms. The molecule has 0 aliphatic rings. The maximum Gasteiger partial charge on any atom is 0.422 e. The SMILES string of the molecule is CCCN(CC(=O)OCC)C(=O)OCC(F)(F)F. The van der Waals surface area contributed by atoms with Crippen molar-refractivity contribution < 1.29 is 32.2 Å². The van der Waals surface area contributed by atoms with Crippen LogP contribution >= 0.6 is 0 Å². The predicted molar refractivity (Wildman–Crippen MR) is 55.9 cm³/mol. The molecule has 0 aromatic rings. The molecule has 0 aliphatic carbocycles. The second-order valence-corrected chi connectivity index (χ2v) is 3.40. The molecular formula is C10H16F3NO4. The van der Waals surface area contributed by atoms with Crippen LogP contribution < -0.4 is 0 Å². The molecule has 0 N–H and O–H groups in total. The Morgan fingerprint density at radius 1 is 1.17 bits per heavy atom. The molecule has 0 spiro atoms. The molecule has 0 saturated heterocycles. The van der Waals surface area contributed by atoms with Crippen molar-refractivity contribution in [3.8, 4) is 0 Å². The standard InChI is InChI=1S/C10H16F3NO4/c1-3-5-14(6-8(15)17-4-2)9(16)18-7-10(11,12)13/h3-7H2,1-2H3. The van der Waals surface area contributed by atoms with Crippen LogP contribution in [-0.2, 0) is 14.3 Å². The van der Waals surface area contributed by atoms with Gasteiger partial charge in [0.05, 0.1) is 6.61 Å². The van der Waals surface area contributed by atoms with E-state index in [0.717, 1.165) is 4.90 Å². The molecule has 0 aliphatic heterocycles. The van der Waals surface area contributed by atoms with Crippen LogP contribution in [0.15, 0.2) is 0 Å². The highest BCUT2D eigenvalue weighted by Gasteiger charge is 2.31. The maximum absolute atomic E-state index is 11.9. The zero-order chi connectivity index (χ0) is 14.2. The molecule has 0 unspecified atom stereocenters. The van der Waals surface area contributed by atoms with E-state index in [9.17, 15) is 22.8 Å². The normalized spacial score (nSPS) is 10.9. The fourth-order valence-corrected chi connectivity index (χ4v) is 1.10. The molecule has 0 fully saturated rings. The van der Waals surface area contributed by atoms with Crippen molar-refractivity contribution in [3.05, 3.63) is 0 Å². The summed E-state index contributed by atoms with van der Waals surface area (Å²) in [6.07, 6.45) is -5.28. The summed E-state index contributed by atoms with van der Waals surface area (Å²) < 4.78 is 44.2. The molecule has 5 nitrogen and oxygen atoms in total. The first-order chi connectivity index (χ1) is 8.30. The van der Waals surface area contributed by atoms with Crippen molar-refractivity contribution in [2.45, 2.75) is 26.4 Å². The fraction of sp³-hybridized carbons (Fsp3) is 0.800. The van der Waals surface area contributed by atoms with Gasteiger partial charge in [0.15, 0.2) is 6.61 Å². The van der Waals surface area contributed by atoms with Crippen molar-refractivity contribution in [2.24, 2.45) is 0 Å². The lowest BCUT2D eigenvalue weighted by atomic mass is 10.4. The van der Waals surface area contributed by atoms with Gasteiger partial charge in [-0.15, -0.1) is 0 Å². The van der Waals surface area contributed by atoms with Crippen LogP contribution in [0.5, 0.6) is 0 Å². The van der Waals surface area contributed by atoms with Crippen LogP contribution in [0, 0.1) is 0 Å². The molecular weight excluding hydrogens is 255 g/mol. The first-order valence-electron chi connectivity index (χ1n) is 5.44. The zero-order valence-corrected chi connectivity index (χ0v) is 10.2. The van der Waals surface area contributed by atoms with Crippen LogP contribution in [-0.4, -0.2) is 49.4 Å². The smallest absolute Gasteiger partial charge is 0.422 e. The summed E-state index contributed by atoms with van der Waals surface area (Å²) >= 11 is 0. The van der Waals surface area contributed by atoms with Crippen LogP contribution in [0.1, 0.15) is 20.3 Å². The number of nitrogens with zero attached hydrogens (tertiary/aromatic N) is 1. The first-order valence-corrected chi connectivity index (χ1v) is 5.44. The predicted octanol–water partition coefficient (Wildman–Crippen LogP) is 1.96. The van der Waals surface area contributed by atoms with Gasteiger partial charge in [-0.25, -0.2) is 4.79 Å². The van der Waals surface area contributed by atoms with E-state index in [0.29, 0.717) is 6.42 Å². The molecule has 0 saturated carbocycles. The van der Waals surface area contributed by atoms with E-state index in [1.54, 1.807) is 13.8 Å². The monoisotopic (exact) mass is 271 g/mol. The average Bonchev–Trinajstić information content (AvgIpc) is 2.24. The van der Waals surface area contributed by atoms with E-state index in [1.807, 2.05) is 0 Å². The van der Waals surface area contributed by atoms with Crippen molar-refractivity contribution in [3.63, 3.8) is 0 Å². The van der Waals surface area contributed by atoms with Crippen molar-refractivity contribution in [2.75, 3.05) is 26.3 Å². The molecule has 0 radical (unpaired) electrons. The number of halogens is 3. The summed E-state index contributed by atoms with van der Waals surface area (Å²) in [7, 11) is 0. The van der Waals surface area contributed by atoms with E-state index >= 15 is 0 Å². The van der Waals surface area contributed by atoms with Gasteiger partial charge < -0.3 is 9.47 Å². The Bertz CT molecular complexity index is 281. The van der Waals surface area contributed by atoms with Crippen LogP contribution in [0.3, 0.4) is 0 Å². The lowest BCUT2D eigenvalue weighted by Crippen LogP contribution is -2.38. The molecule has 0 aromatic heterocycles. The Hall–Kier alpha value is -1.47. The minimum Gasteiger partial charge on any atom is -0.465 e. The van der Waals surface area contributed by atoms with Crippen molar-refractivity contribution >= 4 is 12.1 Å². The van der Waals surface area contributed by atoms with Crippen LogP contribution in [0.4, 0.5) is 18.0 Å². The Balaban J connectivity index is 4.31. The van der Waals surface area contributed by atoms with Gasteiger partial charge in [-0.1, -0.05) is 6.92 Å². The van der Waals surface area contributed by atoms with Gasteiger partial charge in [-0.05, 0) is 13.3 Å². The largest absolute Gasteiger partial charge is 0.465 e. The van der Waals surface area contributed by atoms with E-state index in [4.69, 9.17) is 0 Å². The number of rotatable bonds is 6. The number of esters is 1. The third-order valence-corrected chi connectivity index (χ3v) is 1.74. The zero-order valence-electron chi connectivity index (χ0n) is 10.2. The second kappa shape index (κ2) is 7.78. The Morgan fingerprint density at radius 2 is 1.78 bits per heavy atom. The van der Waals surface area contributed by atoms with Gasteiger partial charge >= 0.3 is 18.2 Å². The topological polar surface area (TPSA) is 55.8 Å². The highest BCUT2D eigenvalue weighted by atomic mass is 19.4. The molecule has 0 heterocycles. The third kappa shape index (κ3) is 7.75. The Morgan fingerprint density at radius 3 is 2.22 bits per heavy atom. The summed E-state index contributed by atoms with van der Waals surface area (Å²) in [5, 5.41) is 0. The van der Waals surface area contributed by atoms with Gasteiger partial charge in [0.25, 0.3) is 0 Å². The number of amides is 1. The molecule has 0 rings (SSSR count). The van der Waals surface area contributed by atoms with Gasteiger partial charge in [0.1, 0.15) is 6.54 Å². The number of alkyl halides is 3. The molecule has 18 heavy (non-hydrogen) atoms. The summed E-state index contributed by atoms with van der Waals surface area (Å²) in [6, 6.07) is 0. The average molecular weight is 271 g/mol. The quantitative estimate of drug-likeness (QED) is 0.693. The number of carbonyl (C=O) groups is 2. The highest BCUT2D eigenvalue weighted by molar-refractivity contribution is 5.78. The third-order valence-electron chi connectivity index (χ3n) is 1.74. The van der Waals surface area contributed by atoms with E-state index in [2.05, 4.69) is 9.47 Å². The number of ether oxygens (including phenoxy) is 2. The Labute approximate surface area is 103 Å². The van der Waals surface area contributed by atoms with Gasteiger partial charge in [0.2, 0.25) is 0 Å². The number of hydrogen-bond donors (Lipinski definition) is 0. The van der Waals surface area contributed by atoms with Gasteiger partial charge in [-0.2, -0.15) is 13.2 Å². The summed E-state index contributed by atoms with van der Waals surface area (Å²) in [5.74, 6) is -0.685. The highest BCUT2D eigenvalue weighted by Crippen LogP contribution is 2.15. The van der Waals surface area contributed by atoms with E-state index < -0.39 is 31.4 Å². The van der Waals surface area contributed by atoms with Crippen molar-refractivity contribution in [1.29, 1.82) is 0 Å². The van der Waals surface area contributed by atoms with Gasteiger partial charge in [-0.3, -0.25) is 9.69 Å². The molecule has 0 aromatic carbocycles. The summed E-state index contributed by atoms with van der Waals surface area (Å²) in [6.45, 7) is 1.47.